The van der Waals surface area contributed by atoms with Crippen molar-refractivity contribution in [2.24, 2.45) is 0 Å². The summed E-state index contributed by atoms with van der Waals surface area (Å²) in [5.41, 5.74) is 10.2. The predicted octanol–water partition coefficient (Wildman–Crippen LogP) is 3.16. The van der Waals surface area contributed by atoms with Crippen LogP contribution in [-0.2, 0) is 0 Å². The lowest BCUT2D eigenvalue weighted by molar-refractivity contribution is 0.888. The molecule has 2 aromatic rings. The molecule has 0 atom stereocenters. The normalized spacial score (nSPS) is 10.8. The van der Waals surface area contributed by atoms with Crippen LogP contribution in [0.4, 0.5) is 11.8 Å². The summed E-state index contributed by atoms with van der Waals surface area (Å²) in [6, 6.07) is 8.43. The summed E-state index contributed by atoms with van der Waals surface area (Å²) in [5, 5.41) is 3.26. The fourth-order valence-corrected chi connectivity index (χ4v) is 2.00. The number of anilines is 2. The number of rotatable bonds is 3. The third-order valence-corrected chi connectivity index (χ3v) is 3.06. The summed E-state index contributed by atoms with van der Waals surface area (Å²) in [6.45, 7) is 8.32. The largest absolute Gasteiger partial charge is 0.368 e. The molecule has 0 spiro atoms. The Kier molecular flexibility index (Phi) is 3.69. The molecule has 1 aromatic carbocycles. The van der Waals surface area contributed by atoms with Gasteiger partial charge in [0.15, 0.2) is 0 Å². The zero-order chi connectivity index (χ0) is 14.0. The molecule has 1 heterocycles. The van der Waals surface area contributed by atoms with Gasteiger partial charge in [-0.05, 0) is 38.8 Å². The summed E-state index contributed by atoms with van der Waals surface area (Å²) in [4.78, 5) is 8.55. The van der Waals surface area contributed by atoms with Crippen molar-refractivity contribution in [3.8, 4) is 11.3 Å². The van der Waals surface area contributed by atoms with Crippen molar-refractivity contribution in [1.82, 2.24) is 9.97 Å². The van der Waals surface area contributed by atoms with Crippen molar-refractivity contribution < 1.29 is 0 Å². The molecule has 0 aliphatic carbocycles. The maximum atomic E-state index is 5.80. The van der Waals surface area contributed by atoms with E-state index in [0.29, 0.717) is 12.0 Å². The molecule has 0 amide bonds. The van der Waals surface area contributed by atoms with Crippen LogP contribution in [0.25, 0.3) is 11.3 Å². The zero-order valence-electron chi connectivity index (χ0n) is 11.9. The highest BCUT2D eigenvalue weighted by Crippen LogP contribution is 2.26. The highest BCUT2D eigenvalue weighted by atomic mass is 15.1. The van der Waals surface area contributed by atoms with Gasteiger partial charge in [-0.25, -0.2) is 4.98 Å². The molecule has 3 N–H and O–H groups in total. The average molecular weight is 256 g/mol. The Morgan fingerprint density at radius 2 is 1.89 bits per heavy atom. The molecule has 0 radical (unpaired) electrons. The number of nitrogen functional groups attached to an aromatic ring is 1. The van der Waals surface area contributed by atoms with E-state index < -0.39 is 0 Å². The van der Waals surface area contributed by atoms with Crippen LogP contribution in [0.15, 0.2) is 24.3 Å². The molecular weight excluding hydrogens is 236 g/mol. The highest BCUT2D eigenvalue weighted by Gasteiger charge is 2.09. The van der Waals surface area contributed by atoms with Crippen molar-refractivity contribution in [3.05, 3.63) is 35.4 Å². The first-order valence-corrected chi connectivity index (χ1v) is 6.45. The van der Waals surface area contributed by atoms with Crippen LogP contribution < -0.4 is 11.1 Å². The van der Waals surface area contributed by atoms with Gasteiger partial charge in [-0.3, -0.25) is 0 Å². The Labute approximate surface area is 114 Å². The van der Waals surface area contributed by atoms with E-state index in [2.05, 4.69) is 55.1 Å². The Bertz CT molecular complexity index is 591. The average Bonchev–Trinajstić information content (AvgIpc) is 2.31. The Hall–Kier alpha value is -2.10. The minimum absolute atomic E-state index is 0.293. The van der Waals surface area contributed by atoms with Gasteiger partial charge in [-0.15, -0.1) is 0 Å². The van der Waals surface area contributed by atoms with Crippen molar-refractivity contribution >= 4 is 11.8 Å². The smallest absolute Gasteiger partial charge is 0.222 e. The lowest BCUT2D eigenvalue weighted by Gasteiger charge is -2.12. The lowest BCUT2D eigenvalue weighted by atomic mass is 10.0. The van der Waals surface area contributed by atoms with Crippen LogP contribution >= 0.6 is 0 Å². The fourth-order valence-electron chi connectivity index (χ4n) is 2.00. The van der Waals surface area contributed by atoms with Gasteiger partial charge in [-0.2, -0.15) is 4.98 Å². The molecule has 0 saturated heterocycles. The van der Waals surface area contributed by atoms with Crippen molar-refractivity contribution in [3.63, 3.8) is 0 Å². The molecule has 0 aliphatic heterocycles. The van der Waals surface area contributed by atoms with Gasteiger partial charge in [0.25, 0.3) is 0 Å². The Morgan fingerprint density at radius 3 is 2.58 bits per heavy atom. The summed E-state index contributed by atoms with van der Waals surface area (Å²) >= 11 is 0. The molecule has 100 valence electrons. The fraction of sp³-hybridized carbons (Fsp3) is 0.333. The molecule has 0 bridgehead atoms. The number of benzene rings is 1. The van der Waals surface area contributed by atoms with Crippen molar-refractivity contribution in [2.75, 3.05) is 11.1 Å². The number of nitrogens with one attached hydrogen (secondary N) is 1. The van der Waals surface area contributed by atoms with Crippen LogP contribution in [0.1, 0.15) is 25.0 Å². The first kappa shape index (κ1) is 13.3. The van der Waals surface area contributed by atoms with E-state index in [-0.39, 0.29) is 0 Å². The van der Waals surface area contributed by atoms with Crippen LogP contribution in [0.3, 0.4) is 0 Å². The van der Waals surface area contributed by atoms with Crippen LogP contribution in [-0.4, -0.2) is 16.0 Å². The third kappa shape index (κ3) is 3.02. The molecule has 0 aliphatic rings. The monoisotopic (exact) mass is 256 g/mol. The maximum absolute atomic E-state index is 5.80. The highest BCUT2D eigenvalue weighted by molar-refractivity contribution is 5.68. The maximum Gasteiger partial charge on any atom is 0.222 e. The van der Waals surface area contributed by atoms with Gasteiger partial charge in [0.05, 0.1) is 5.69 Å². The molecule has 4 nitrogen and oxygen atoms in total. The SMILES string of the molecule is Cc1cccc(-c2cc(NC(C)C)nc(N)n2)c1C. The van der Waals surface area contributed by atoms with Crippen LogP contribution in [0.2, 0.25) is 0 Å². The predicted molar refractivity (Wildman–Crippen MR) is 80.1 cm³/mol. The molecule has 0 fully saturated rings. The number of nitrogens with zero attached hydrogens (tertiary/aromatic N) is 2. The minimum Gasteiger partial charge on any atom is -0.368 e. The van der Waals surface area contributed by atoms with E-state index in [1.807, 2.05) is 12.1 Å². The minimum atomic E-state index is 0.293. The molecular formula is C15H20N4. The number of aryl methyl sites for hydroxylation is 1. The van der Waals surface area contributed by atoms with Gasteiger partial charge in [0, 0.05) is 17.7 Å². The molecule has 2 rings (SSSR count). The Morgan fingerprint density at radius 1 is 1.16 bits per heavy atom. The second-order valence-electron chi connectivity index (χ2n) is 5.04. The topological polar surface area (TPSA) is 63.8 Å². The van der Waals surface area contributed by atoms with E-state index in [4.69, 9.17) is 5.73 Å². The summed E-state index contributed by atoms with van der Waals surface area (Å²) in [7, 11) is 0. The molecule has 4 heteroatoms. The van der Waals surface area contributed by atoms with Crippen LogP contribution in [0, 0.1) is 13.8 Å². The second kappa shape index (κ2) is 5.26. The number of hydrogen-bond donors (Lipinski definition) is 2. The Balaban J connectivity index is 2.50. The number of nitrogens with two attached hydrogens (primary N) is 1. The molecule has 0 saturated carbocycles. The lowest BCUT2D eigenvalue weighted by Crippen LogP contribution is -2.12. The van der Waals surface area contributed by atoms with E-state index in [1.54, 1.807) is 0 Å². The summed E-state index contributed by atoms with van der Waals surface area (Å²) in [5.74, 6) is 1.06. The van der Waals surface area contributed by atoms with E-state index in [1.165, 1.54) is 11.1 Å². The van der Waals surface area contributed by atoms with Gasteiger partial charge in [0.2, 0.25) is 5.95 Å². The second-order valence-corrected chi connectivity index (χ2v) is 5.04. The number of aromatic nitrogens is 2. The van der Waals surface area contributed by atoms with Gasteiger partial charge >= 0.3 is 0 Å². The van der Waals surface area contributed by atoms with Gasteiger partial charge in [0.1, 0.15) is 5.82 Å². The third-order valence-electron chi connectivity index (χ3n) is 3.06. The summed E-state index contributed by atoms with van der Waals surface area (Å²) < 4.78 is 0. The zero-order valence-corrected chi connectivity index (χ0v) is 11.9. The molecule has 1 aromatic heterocycles. The van der Waals surface area contributed by atoms with E-state index >= 15 is 0 Å². The quantitative estimate of drug-likeness (QED) is 0.885. The van der Waals surface area contributed by atoms with Crippen LogP contribution in [0.5, 0.6) is 0 Å². The standard InChI is InChI=1S/C15H20N4/c1-9(2)17-14-8-13(18-15(16)19-14)12-7-5-6-10(3)11(12)4/h5-9H,1-4H3,(H3,16,17,18,19). The van der Waals surface area contributed by atoms with E-state index in [0.717, 1.165) is 17.1 Å². The molecule has 19 heavy (non-hydrogen) atoms. The first-order valence-electron chi connectivity index (χ1n) is 6.45. The van der Waals surface area contributed by atoms with Gasteiger partial charge in [-0.1, -0.05) is 18.2 Å². The molecule has 0 unspecified atom stereocenters. The van der Waals surface area contributed by atoms with Crippen molar-refractivity contribution in [1.29, 1.82) is 0 Å². The van der Waals surface area contributed by atoms with E-state index in [9.17, 15) is 0 Å². The van der Waals surface area contributed by atoms with Gasteiger partial charge < -0.3 is 11.1 Å². The first-order chi connectivity index (χ1) is 8.97. The summed E-state index contributed by atoms with van der Waals surface area (Å²) in [6.07, 6.45) is 0. The number of hydrogen-bond acceptors (Lipinski definition) is 4. The van der Waals surface area contributed by atoms with Crippen molar-refractivity contribution in [2.45, 2.75) is 33.7 Å².